The van der Waals surface area contributed by atoms with Crippen LogP contribution in [-0.2, 0) is 16.1 Å². The molecule has 1 atom stereocenters. The second kappa shape index (κ2) is 9.15. The molecule has 1 unspecified atom stereocenters. The summed E-state index contributed by atoms with van der Waals surface area (Å²) in [5.41, 5.74) is 2.25. The Bertz CT molecular complexity index is 945. The number of rotatable bonds is 6. The molecule has 1 heterocycles. The Hall–Kier alpha value is -3.10. The third kappa shape index (κ3) is 4.10. The lowest BCUT2D eigenvalue weighted by molar-refractivity contribution is -0.120. The number of esters is 1. The number of aliphatic hydroxyl groups excluding tert-OH is 1. The molecule has 0 bridgehead atoms. The van der Waals surface area contributed by atoms with E-state index < -0.39 is 12.1 Å². The lowest BCUT2D eigenvalue weighted by Crippen LogP contribution is -2.42. The minimum atomic E-state index is -0.820. The second-order valence-electron chi connectivity index (χ2n) is 7.01. The molecule has 8 heteroatoms. The van der Waals surface area contributed by atoms with Gasteiger partial charge < -0.3 is 24.2 Å². The Morgan fingerprint density at radius 2 is 1.77 bits per heavy atom. The zero-order valence-electron chi connectivity index (χ0n) is 17.5. The van der Waals surface area contributed by atoms with Crippen LogP contribution >= 0.6 is 0 Å². The van der Waals surface area contributed by atoms with Gasteiger partial charge in [0.15, 0.2) is 0 Å². The molecule has 1 aliphatic rings. The number of benzene rings is 2. The minimum Gasteiger partial charge on any atom is -0.496 e. The van der Waals surface area contributed by atoms with Gasteiger partial charge in [-0.3, -0.25) is 9.69 Å². The second-order valence-corrected chi connectivity index (χ2v) is 7.01. The molecule has 2 aromatic rings. The maximum atomic E-state index is 13.0. The normalized spacial score (nSPS) is 15.8. The highest BCUT2D eigenvalue weighted by atomic mass is 16.5. The van der Waals surface area contributed by atoms with Crippen LogP contribution in [-0.4, -0.2) is 63.3 Å². The van der Waals surface area contributed by atoms with E-state index in [-0.39, 0.29) is 19.0 Å². The van der Waals surface area contributed by atoms with Crippen LogP contribution in [0.1, 0.15) is 27.6 Å². The Morgan fingerprint density at radius 1 is 1.10 bits per heavy atom. The number of fused-ring (bicyclic) bond motifs is 1. The molecule has 1 N–H and O–H groups in total. The van der Waals surface area contributed by atoms with Crippen molar-refractivity contribution in [1.82, 2.24) is 4.90 Å². The molecule has 2 aromatic carbocycles. The van der Waals surface area contributed by atoms with Crippen molar-refractivity contribution >= 4 is 17.6 Å². The highest BCUT2D eigenvalue weighted by Gasteiger charge is 2.31. The van der Waals surface area contributed by atoms with Crippen molar-refractivity contribution in [2.24, 2.45) is 0 Å². The summed E-state index contributed by atoms with van der Waals surface area (Å²) in [6.07, 6.45) is -0.820. The van der Waals surface area contributed by atoms with Gasteiger partial charge in [-0.2, -0.15) is 0 Å². The Kier molecular flexibility index (Phi) is 6.59. The molecule has 0 radical (unpaired) electrons. The van der Waals surface area contributed by atoms with E-state index in [0.717, 1.165) is 5.56 Å². The highest BCUT2D eigenvalue weighted by molar-refractivity contribution is 6.02. The van der Waals surface area contributed by atoms with Crippen molar-refractivity contribution in [2.75, 3.05) is 46.4 Å². The van der Waals surface area contributed by atoms with E-state index in [2.05, 4.69) is 0 Å². The van der Waals surface area contributed by atoms with Gasteiger partial charge in [0.1, 0.15) is 11.5 Å². The van der Waals surface area contributed by atoms with E-state index in [4.69, 9.17) is 14.2 Å². The number of likely N-dealkylation sites (N-methyl/N-ethyl adjacent to an activating group) is 1. The zero-order valence-corrected chi connectivity index (χ0v) is 17.5. The van der Waals surface area contributed by atoms with E-state index in [0.29, 0.717) is 34.9 Å². The molecule has 3 rings (SSSR count). The van der Waals surface area contributed by atoms with Crippen LogP contribution in [0.4, 0.5) is 5.69 Å². The van der Waals surface area contributed by atoms with E-state index in [9.17, 15) is 14.7 Å². The molecule has 1 aliphatic heterocycles. The van der Waals surface area contributed by atoms with Crippen LogP contribution in [0.15, 0.2) is 36.4 Å². The van der Waals surface area contributed by atoms with Crippen LogP contribution in [0.2, 0.25) is 0 Å². The Labute approximate surface area is 175 Å². The topological polar surface area (TPSA) is 88.5 Å². The first-order valence-corrected chi connectivity index (χ1v) is 9.49. The van der Waals surface area contributed by atoms with Crippen molar-refractivity contribution in [3.63, 3.8) is 0 Å². The van der Waals surface area contributed by atoms with Gasteiger partial charge in [0.25, 0.3) is 0 Å². The first-order valence-electron chi connectivity index (χ1n) is 9.49. The first kappa shape index (κ1) is 21.6. The van der Waals surface area contributed by atoms with Crippen molar-refractivity contribution in [3.05, 3.63) is 53.1 Å². The molecule has 0 saturated heterocycles. The highest BCUT2D eigenvalue weighted by Crippen LogP contribution is 2.39. The fourth-order valence-corrected chi connectivity index (χ4v) is 3.75. The summed E-state index contributed by atoms with van der Waals surface area (Å²) >= 11 is 0. The average Bonchev–Trinajstić information content (AvgIpc) is 2.77. The van der Waals surface area contributed by atoms with Crippen molar-refractivity contribution in [3.8, 4) is 11.5 Å². The fraction of sp³-hybridized carbons (Fsp3) is 0.364. The Balaban J connectivity index is 1.82. The number of carbonyl (C=O) groups is 2. The van der Waals surface area contributed by atoms with E-state index in [1.807, 2.05) is 4.90 Å². The first-order chi connectivity index (χ1) is 14.4. The smallest absolute Gasteiger partial charge is 0.339 e. The summed E-state index contributed by atoms with van der Waals surface area (Å²) in [5, 5.41) is 10.7. The molecule has 0 fully saturated rings. The van der Waals surface area contributed by atoms with Gasteiger partial charge in [0.05, 0.1) is 45.2 Å². The van der Waals surface area contributed by atoms with Crippen LogP contribution in [0, 0.1) is 0 Å². The average molecular weight is 414 g/mol. The monoisotopic (exact) mass is 414 g/mol. The molecule has 30 heavy (non-hydrogen) atoms. The molecule has 0 saturated carbocycles. The largest absolute Gasteiger partial charge is 0.496 e. The number of ether oxygens (including phenoxy) is 3. The van der Waals surface area contributed by atoms with Crippen LogP contribution in [0.3, 0.4) is 0 Å². The van der Waals surface area contributed by atoms with Gasteiger partial charge in [0, 0.05) is 31.3 Å². The standard InChI is InChI=1S/C22H26N2O6/c1-23(16-8-6-5-7-14(16)22(27)30-4)20(26)13-24-11-15-18(28-2)9-10-19(29-3)21(15)17(25)12-24/h5-10,17,25H,11-13H2,1-4H3. The number of carbonyl (C=O) groups excluding carboxylic acids is 2. The molecule has 1 amide bonds. The Morgan fingerprint density at radius 3 is 2.43 bits per heavy atom. The maximum Gasteiger partial charge on any atom is 0.339 e. The van der Waals surface area contributed by atoms with Crippen molar-refractivity contribution in [1.29, 1.82) is 0 Å². The summed E-state index contributed by atoms with van der Waals surface area (Å²) < 4.78 is 15.6. The lowest BCUT2D eigenvalue weighted by atomic mass is 9.95. The SMILES string of the molecule is COC(=O)c1ccccc1N(C)C(=O)CN1Cc2c(OC)ccc(OC)c2C(O)C1. The number of anilines is 1. The minimum absolute atomic E-state index is 0.0584. The van der Waals surface area contributed by atoms with Gasteiger partial charge in [-0.25, -0.2) is 4.79 Å². The van der Waals surface area contributed by atoms with Crippen LogP contribution in [0.25, 0.3) is 0 Å². The number of para-hydroxylation sites is 1. The summed E-state index contributed by atoms with van der Waals surface area (Å²) in [5.74, 6) is 0.494. The molecule has 8 nitrogen and oxygen atoms in total. The number of hydrogen-bond donors (Lipinski definition) is 1. The molecule has 0 aliphatic carbocycles. The van der Waals surface area contributed by atoms with Gasteiger partial charge in [0.2, 0.25) is 5.91 Å². The van der Waals surface area contributed by atoms with Gasteiger partial charge in [-0.05, 0) is 24.3 Å². The molecular weight excluding hydrogens is 388 g/mol. The molecule has 160 valence electrons. The van der Waals surface area contributed by atoms with Crippen molar-refractivity contribution < 1.29 is 28.9 Å². The molecule has 0 spiro atoms. The van der Waals surface area contributed by atoms with Gasteiger partial charge >= 0.3 is 5.97 Å². The predicted octanol–water partition coefficient (Wildman–Crippen LogP) is 2.00. The van der Waals surface area contributed by atoms with E-state index >= 15 is 0 Å². The van der Waals surface area contributed by atoms with Crippen molar-refractivity contribution in [2.45, 2.75) is 12.6 Å². The third-order valence-corrected chi connectivity index (χ3v) is 5.26. The van der Waals surface area contributed by atoms with Crippen LogP contribution < -0.4 is 14.4 Å². The lowest BCUT2D eigenvalue weighted by Gasteiger charge is -2.34. The zero-order chi connectivity index (χ0) is 21.8. The number of aliphatic hydroxyl groups is 1. The number of β-amino-alcohol motifs (C(OH)–C–C–N with tert-alkyl or cyclic N) is 1. The molecular formula is C22H26N2O6. The molecule has 0 aromatic heterocycles. The van der Waals surface area contributed by atoms with Crippen LogP contribution in [0.5, 0.6) is 11.5 Å². The summed E-state index contributed by atoms with van der Waals surface area (Å²) in [6.45, 7) is 0.753. The summed E-state index contributed by atoms with van der Waals surface area (Å²) in [6, 6.07) is 10.3. The summed E-state index contributed by atoms with van der Waals surface area (Å²) in [4.78, 5) is 28.3. The summed E-state index contributed by atoms with van der Waals surface area (Å²) in [7, 11) is 6.03. The van der Waals surface area contributed by atoms with E-state index in [1.165, 1.54) is 12.0 Å². The van der Waals surface area contributed by atoms with Gasteiger partial charge in [-0.15, -0.1) is 0 Å². The fourth-order valence-electron chi connectivity index (χ4n) is 3.75. The number of nitrogens with zero attached hydrogens (tertiary/aromatic N) is 2. The van der Waals surface area contributed by atoms with E-state index in [1.54, 1.807) is 57.7 Å². The van der Waals surface area contributed by atoms with Gasteiger partial charge in [-0.1, -0.05) is 12.1 Å². The number of hydrogen-bond acceptors (Lipinski definition) is 7. The quantitative estimate of drug-likeness (QED) is 0.724. The third-order valence-electron chi connectivity index (χ3n) is 5.26. The maximum absolute atomic E-state index is 13.0. The number of methoxy groups -OCH3 is 3. The number of amides is 1. The predicted molar refractivity (Wildman–Crippen MR) is 111 cm³/mol.